The van der Waals surface area contributed by atoms with Crippen molar-refractivity contribution >= 4 is 17.3 Å². The molecule has 1 heterocycles. The molecule has 1 amide bonds. The van der Waals surface area contributed by atoms with E-state index in [-0.39, 0.29) is 11.6 Å². The van der Waals surface area contributed by atoms with Crippen LogP contribution in [0.25, 0.3) is 0 Å². The van der Waals surface area contributed by atoms with Crippen LogP contribution in [0.3, 0.4) is 0 Å². The first-order chi connectivity index (χ1) is 10.9. The van der Waals surface area contributed by atoms with E-state index in [1.807, 2.05) is 19.1 Å². The number of nitrogens with zero attached hydrogens (tertiary/aromatic N) is 2. The first-order valence-corrected chi connectivity index (χ1v) is 7.09. The van der Waals surface area contributed by atoms with Crippen molar-refractivity contribution in [1.82, 2.24) is 10.4 Å². The number of non-ortho nitro benzene ring substituents is 1. The summed E-state index contributed by atoms with van der Waals surface area (Å²) in [5.41, 5.74) is 4.40. The fourth-order valence-corrected chi connectivity index (χ4v) is 2.70. The minimum Gasteiger partial charge on any atom is -0.362 e. The Hall–Kier alpha value is -2.93. The highest BCUT2D eigenvalue weighted by Crippen LogP contribution is 2.30. The van der Waals surface area contributed by atoms with Crippen LogP contribution in [0.1, 0.15) is 22.8 Å². The van der Waals surface area contributed by atoms with E-state index in [2.05, 4.69) is 10.7 Å². The Morgan fingerprint density at radius 1 is 1.13 bits per heavy atom. The smallest absolute Gasteiger partial charge is 0.269 e. The maximum atomic E-state index is 12.4. The third kappa shape index (κ3) is 2.62. The van der Waals surface area contributed by atoms with Crippen LogP contribution in [-0.4, -0.2) is 22.9 Å². The molecule has 7 nitrogen and oxygen atoms in total. The quantitative estimate of drug-likeness (QED) is 0.657. The van der Waals surface area contributed by atoms with Gasteiger partial charge >= 0.3 is 0 Å². The standard InChI is InChI=1S/C16H16N4O3/c1-16(11-7-9-12(10-8-11)20(22)23)17-14-6-4-3-5-13(14)15(21)19(2)18-16/h3-10,17-18H,1-2H3. The highest BCUT2D eigenvalue weighted by molar-refractivity contribution is 6.00. The van der Waals surface area contributed by atoms with Crippen molar-refractivity contribution in [3.8, 4) is 0 Å². The molecule has 0 aliphatic carbocycles. The van der Waals surface area contributed by atoms with Gasteiger partial charge in [0.2, 0.25) is 0 Å². The molecule has 0 aromatic heterocycles. The zero-order chi connectivity index (χ0) is 16.6. The second-order valence-electron chi connectivity index (χ2n) is 5.58. The van der Waals surface area contributed by atoms with E-state index < -0.39 is 10.6 Å². The molecule has 1 aliphatic rings. The predicted molar refractivity (Wildman–Crippen MR) is 85.7 cm³/mol. The Morgan fingerprint density at radius 3 is 2.43 bits per heavy atom. The molecule has 3 rings (SSSR count). The lowest BCUT2D eigenvalue weighted by atomic mass is 10.0. The summed E-state index contributed by atoms with van der Waals surface area (Å²) in [5, 5.41) is 15.5. The van der Waals surface area contributed by atoms with Gasteiger partial charge in [-0.05, 0) is 36.8 Å². The topological polar surface area (TPSA) is 87.5 Å². The molecular weight excluding hydrogens is 296 g/mol. The summed E-state index contributed by atoms with van der Waals surface area (Å²) >= 11 is 0. The summed E-state index contributed by atoms with van der Waals surface area (Å²) in [6.45, 7) is 1.88. The average Bonchev–Trinajstić information content (AvgIpc) is 2.63. The number of benzene rings is 2. The molecule has 0 fully saturated rings. The van der Waals surface area contributed by atoms with Gasteiger partial charge in [-0.15, -0.1) is 0 Å². The number of hydrogen-bond acceptors (Lipinski definition) is 5. The normalized spacial score (nSPS) is 20.4. The monoisotopic (exact) mass is 312 g/mol. The Morgan fingerprint density at radius 2 is 1.78 bits per heavy atom. The van der Waals surface area contributed by atoms with Crippen LogP contribution in [0.15, 0.2) is 48.5 Å². The minimum absolute atomic E-state index is 0.0239. The molecule has 2 aromatic rings. The maximum absolute atomic E-state index is 12.4. The third-order valence-electron chi connectivity index (χ3n) is 3.89. The number of fused-ring (bicyclic) bond motifs is 1. The Kier molecular flexibility index (Phi) is 3.49. The van der Waals surface area contributed by atoms with E-state index in [0.717, 1.165) is 5.56 Å². The van der Waals surface area contributed by atoms with Gasteiger partial charge in [0, 0.05) is 24.9 Å². The third-order valence-corrected chi connectivity index (χ3v) is 3.89. The van der Waals surface area contributed by atoms with Crippen LogP contribution in [0.4, 0.5) is 11.4 Å². The summed E-state index contributed by atoms with van der Waals surface area (Å²) in [7, 11) is 1.65. The fraction of sp³-hybridized carbons (Fsp3) is 0.188. The van der Waals surface area contributed by atoms with Crippen molar-refractivity contribution in [2.24, 2.45) is 0 Å². The number of nitrogens with one attached hydrogen (secondary N) is 2. The second kappa shape index (κ2) is 5.36. The lowest BCUT2D eigenvalue weighted by Crippen LogP contribution is -2.53. The van der Waals surface area contributed by atoms with Gasteiger partial charge in [0.25, 0.3) is 11.6 Å². The zero-order valence-electron chi connectivity index (χ0n) is 12.7. The van der Waals surface area contributed by atoms with E-state index in [1.54, 1.807) is 31.3 Å². The molecule has 0 radical (unpaired) electrons. The van der Waals surface area contributed by atoms with Crippen LogP contribution in [0.5, 0.6) is 0 Å². The first-order valence-electron chi connectivity index (χ1n) is 7.09. The molecular formula is C16H16N4O3. The van der Waals surface area contributed by atoms with Crippen molar-refractivity contribution < 1.29 is 9.72 Å². The van der Waals surface area contributed by atoms with Gasteiger partial charge in [-0.3, -0.25) is 19.9 Å². The molecule has 1 aliphatic heterocycles. The molecule has 0 spiro atoms. The number of para-hydroxylation sites is 1. The van der Waals surface area contributed by atoms with Crippen molar-refractivity contribution in [2.45, 2.75) is 12.6 Å². The molecule has 7 heteroatoms. The summed E-state index contributed by atoms with van der Waals surface area (Å²) in [4.78, 5) is 22.8. The zero-order valence-corrected chi connectivity index (χ0v) is 12.7. The number of hydrogen-bond donors (Lipinski definition) is 2. The van der Waals surface area contributed by atoms with Gasteiger partial charge in [0.1, 0.15) is 5.66 Å². The van der Waals surface area contributed by atoms with E-state index in [9.17, 15) is 14.9 Å². The van der Waals surface area contributed by atoms with Crippen LogP contribution in [0.2, 0.25) is 0 Å². The van der Waals surface area contributed by atoms with Gasteiger partial charge in [-0.1, -0.05) is 12.1 Å². The van der Waals surface area contributed by atoms with Gasteiger partial charge in [0.15, 0.2) is 0 Å². The second-order valence-corrected chi connectivity index (χ2v) is 5.58. The van der Waals surface area contributed by atoms with Crippen LogP contribution >= 0.6 is 0 Å². The van der Waals surface area contributed by atoms with Crippen LogP contribution < -0.4 is 10.7 Å². The summed E-state index contributed by atoms with van der Waals surface area (Å²) < 4.78 is 0. The van der Waals surface area contributed by atoms with Crippen molar-refractivity contribution in [3.63, 3.8) is 0 Å². The Balaban J connectivity index is 2.04. The van der Waals surface area contributed by atoms with Gasteiger partial charge in [0.05, 0.1) is 10.5 Å². The minimum atomic E-state index is -0.786. The molecule has 2 N–H and O–H groups in total. The predicted octanol–water partition coefficient (Wildman–Crippen LogP) is 2.47. The molecule has 1 atom stereocenters. The van der Waals surface area contributed by atoms with Gasteiger partial charge in [-0.25, -0.2) is 5.43 Å². The number of nitro benzene ring substituents is 1. The van der Waals surface area contributed by atoms with Gasteiger partial charge < -0.3 is 5.32 Å². The molecule has 23 heavy (non-hydrogen) atoms. The number of carbonyl (C=O) groups excluding carboxylic acids is 1. The Bertz CT molecular complexity index is 775. The molecule has 2 aromatic carbocycles. The lowest BCUT2D eigenvalue weighted by molar-refractivity contribution is -0.384. The number of nitro groups is 1. The summed E-state index contributed by atoms with van der Waals surface area (Å²) in [5.74, 6) is -0.154. The van der Waals surface area contributed by atoms with E-state index >= 15 is 0 Å². The van der Waals surface area contributed by atoms with Gasteiger partial charge in [-0.2, -0.15) is 0 Å². The number of anilines is 1. The van der Waals surface area contributed by atoms with Crippen molar-refractivity contribution in [2.75, 3.05) is 12.4 Å². The Labute approximate surface area is 133 Å². The van der Waals surface area contributed by atoms with E-state index in [1.165, 1.54) is 17.1 Å². The summed E-state index contributed by atoms with van der Waals surface area (Å²) in [6.07, 6.45) is 0. The largest absolute Gasteiger partial charge is 0.362 e. The first kappa shape index (κ1) is 15.0. The van der Waals surface area contributed by atoms with E-state index in [4.69, 9.17) is 0 Å². The molecule has 118 valence electrons. The highest BCUT2D eigenvalue weighted by atomic mass is 16.6. The number of carbonyl (C=O) groups is 1. The maximum Gasteiger partial charge on any atom is 0.269 e. The van der Waals surface area contributed by atoms with Crippen molar-refractivity contribution in [1.29, 1.82) is 0 Å². The number of rotatable bonds is 2. The fourth-order valence-electron chi connectivity index (χ4n) is 2.70. The van der Waals surface area contributed by atoms with E-state index in [0.29, 0.717) is 11.3 Å². The highest BCUT2D eigenvalue weighted by Gasteiger charge is 2.34. The molecule has 1 unspecified atom stereocenters. The molecule has 0 bridgehead atoms. The summed E-state index contributed by atoms with van der Waals surface area (Å²) in [6, 6.07) is 13.5. The molecule has 0 saturated heterocycles. The van der Waals surface area contributed by atoms with Crippen LogP contribution in [0, 0.1) is 10.1 Å². The average molecular weight is 312 g/mol. The number of amides is 1. The van der Waals surface area contributed by atoms with Crippen molar-refractivity contribution in [3.05, 3.63) is 69.8 Å². The number of hydrazine groups is 1. The lowest BCUT2D eigenvalue weighted by Gasteiger charge is -2.34. The van der Waals surface area contributed by atoms with Crippen LogP contribution in [-0.2, 0) is 5.66 Å². The SMILES string of the molecule is CN1NC(C)(c2ccc([N+](=O)[O-])cc2)Nc2ccccc2C1=O. The molecule has 0 saturated carbocycles.